The van der Waals surface area contributed by atoms with E-state index in [1.54, 1.807) is 37.6 Å². The van der Waals surface area contributed by atoms with E-state index in [1.807, 2.05) is 12.1 Å². The molecule has 0 heterocycles. The summed E-state index contributed by atoms with van der Waals surface area (Å²) >= 11 is 7.11. The van der Waals surface area contributed by atoms with Crippen molar-refractivity contribution < 1.29 is 9.72 Å². The van der Waals surface area contributed by atoms with E-state index in [4.69, 9.17) is 11.6 Å². The van der Waals surface area contributed by atoms with Gasteiger partial charge in [0.2, 0.25) is 0 Å². The SMILES string of the molecule is CSc1ccc(C(=O)N(C)Cc2ccc(Cl)cc2)cc1[N+](=O)[O-]. The van der Waals surface area contributed by atoms with Crippen molar-refractivity contribution in [3.8, 4) is 0 Å². The number of nitro groups is 1. The Morgan fingerprint density at radius 3 is 2.48 bits per heavy atom. The molecule has 0 aliphatic rings. The van der Waals surface area contributed by atoms with Crippen LogP contribution in [0.3, 0.4) is 0 Å². The van der Waals surface area contributed by atoms with Gasteiger partial charge in [-0.1, -0.05) is 23.7 Å². The van der Waals surface area contributed by atoms with Crippen molar-refractivity contribution >= 4 is 35.0 Å². The minimum atomic E-state index is -0.470. The highest BCUT2D eigenvalue weighted by Gasteiger charge is 2.19. The number of nitrogens with zero attached hydrogens (tertiary/aromatic N) is 2. The smallest absolute Gasteiger partial charge is 0.283 e. The predicted octanol–water partition coefficient (Wildman–Crippen LogP) is 4.24. The number of benzene rings is 2. The molecule has 0 saturated heterocycles. The average Bonchev–Trinajstić information content (AvgIpc) is 2.55. The monoisotopic (exact) mass is 350 g/mol. The molecule has 0 radical (unpaired) electrons. The molecule has 0 spiro atoms. The van der Waals surface area contributed by atoms with Crippen molar-refractivity contribution in [3.63, 3.8) is 0 Å². The van der Waals surface area contributed by atoms with Crippen molar-refractivity contribution in [2.45, 2.75) is 11.4 Å². The van der Waals surface area contributed by atoms with E-state index in [-0.39, 0.29) is 11.6 Å². The highest BCUT2D eigenvalue weighted by Crippen LogP contribution is 2.28. The summed E-state index contributed by atoms with van der Waals surface area (Å²) in [4.78, 5) is 25.1. The summed E-state index contributed by atoms with van der Waals surface area (Å²) < 4.78 is 0. The average molecular weight is 351 g/mol. The molecule has 2 aromatic rings. The molecule has 0 atom stereocenters. The van der Waals surface area contributed by atoms with Crippen LogP contribution in [0.2, 0.25) is 5.02 Å². The second kappa shape index (κ2) is 7.48. The number of rotatable bonds is 5. The topological polar surface area (TPSA) is 63.5 Å². The molecule has 2 rings (SSSR count). The minimum absolute atomic E-state index is 0.0526. The Morgan fingerprint density at radius 1 is 1.26 bits per heavy atom. The first kappa shape index (κ1) is 17.3. The Balaban J connectivity index is 2.20. The number of nitro benzene ring substituents is 1. The zero-order valence-electron chi connectivity index (χ0n) is 12.7. The lowest BCUT2D eigenvalue weighted by molar-refractivity contribution is -0.387. The number of carbonyl (C=O) groups is 1. The van der Waals surface area contributed by atoms with Gasteiger partial charge in [-0.2, -0.15) is 0 Å². The standard InChI is InChI=1S/C16H15ClN2O3S/c1-18(10-11-3-6-13(17)7-4-11)16(20)12-5-8-15(23-2)14(9-12)19(21)22/h3-9H,10H2,1-2H3. The van der Waals surface area contributed by atoms with Gasteiger partial charge in [0.05, 0.1) is 9.82 Å². The van der Waals surface area contributed by atoms with Crippen LogP contribution >= 0.6 is 23.4 Å². The van der Waals surface area contributed by atoms with Crippen LogP contribution in [-0.4, -0.2) is 29.0 Å². The Morgan fingerprint density at radius 2 is 1.91 bits per heavy atom. The van der Waals surface area contributed by atoms with Gasteiger partial charge in [-0.15, -0.1) is 11.8 Å². The number of amides is 1. The van der Waals surface area contributed by atoms with Gasteiger partial charge < -0.3 is 4.90 Å². The lowest BCUT2D eigenvalue weighted by Crippen LogP contribution is -2.26. The van der Waals surface area contributed by atoms with E-state index < -0.39 is 4.92 Å². The fourth-order valence-corrected chi connectivity index (χ4v) is 2.79. The molecule has 2 aromatic carbocycles. The molecule has 5 nitrogen and oxygen atoms in total. The predicted molar refractivity (Wildman–Crippen MR) is 92.1 cm³/mol. The molecule has 0 fully saturated rings. The number of hydrogen-bond donors (Lipinski definition) is 0. The minimum Gasteiger partial charge on any atom is -0.337 e. The van der Waals surface area contributed by atoms with Gasteiger partial charge in [-0.25, -0.2) is 0 Å². The fourth-order valence-electron chi connectivity index (χ4n) is 2.12. The Bertz CT molecular complexity index is 735. The van der Waals surface area contributed by atoms with Crippen molar-refractivity contribution in [1.82, 2.24) is 4.90 Å². The maximum Gasteiger partial charge on any atom is 0.283 e. The van der Waals surface area contributed by atoms with Crippen molar-refractivity contribution in [3.05, 3.63) is 68.7 Å². The Labute approximate surface area is 143 Å². The molecule has 0 saturated carbocycles. The van der Waals surface area contributed by atoms with Gasteiger partial charge in [0.25, 0.3) is 11.6 Å². The number of halogens is 1. The van der Waals surface area contributed by atoms with E-state index in [9.17, 15) is 14.9 Å². The van der Waals surface area contributed by atoms with Crippen LogP contribution in [0.1, 0.15) is 15.9 Å². The Hall–Kier alpha value is -2.05. The van der Waals surface area contributed by atoms with Gasteiger partial charge in [-0.05, 0) is 36.1 Å². The quantitative estimate of drug-likeness (QED) is 0.459. The molecule has 120 valence electrons. The fraction of sp³-hybridized carbons (Fsp3) is 0.188. The van der Waals surface area contributed by atoms with Crippen molar-refractivity contribution in [1.29, 1.82) is 0 Å². The molecule has 0 aliphatic carbocycles. The summed E-state index contributed by atoms with van der Waals surface area (Å²) in [5, 5.41) is 11.7. The highest BCUT2D eigenvalue weighted by atomic mass is 35.5. The summed E-state index contributed by atoms with van der Waals surface area (Å²) in [6, 6.07) is 11.7. The van der Waals surface area contributed by atoms with Gasteiger partial charge in [-0.3, -0.25) is 14.9 Å². The maximum absolute atomic E-state index is 12.5. The van der Waals surface area contributed by atoms with E-state index in [1.165, 1.54) is 22.7 Å². The van der Waals surface area contributed by atoms with Crippen molar-refractivity contribution in [2.75, 3.05) is 13.3 Å². The van der Waals surface area contributed by atoms with E-state index >= 15 is 0 Å². The third-order valence-electron chi connectivity index (χ3n) is 3.30. The van der Waals surface area contributed by atoms with Crippen LogP contribution in [0.15, 0.2) is 47.4 Å². The molecule has 0 unspecified atom stereocenters. The lowest BCUT2D eigenvalue weighted by atomic mass is 10.1. The summed E-state index contributed by atoms with van der Waals surface area (Å²) in [6.45, 7) is 0.397. The van der Waals surface area contributed by atoms with E-state index in [0.29, 0.717) is 22.0 Å². The third-order valence-corrected chi connectivity index (χ3v) is 4.34. The number of hydrogen-bond acceptors (Lipinski definition) is 4. The molecule has 1 amide bonds. The summed E-state index contributed by atoms with van der Waals surface area (Å²) in [6.07, 6.45) is 1.76. The number of carbonyl (C=O) groups excluding carboxylic acids is 1. The molecule has 0 N–H and O–H groups in total. The second-order valence-corrected chi connectivity index (χ2v) is 6.22. The number of thioether (sulfide) groups is 1. The third kappa shape index (κ3) is 4.24. The normalized spacial score (nSPS) is 10.4. The highest BCUT2D eigenvalue weighted by molar-refractivity contribution is 7.98. The van der Waals surface area contributed by atoms with Crippen molar-refractivity contribution in [2.24, 2.45) is 0 Å². The molecule has 23 heavy (non-hydrogen) atoms. The van der Waals surface area contributed by atoms with E-state index in [0.717, 1.165) is 5.56 Å². The van der Waals surface area contributed by atoms with Gasteiger partial charge in [0, 0.05) is 30.2 Å². The summed E-state index contributed by atoms with van der Waals surface area (Å²) in [5.74, 6) is -0.268. The van der Waals surface area contributed by atoms with Crippen LogP contribution in [0, 0.1) is 10.1 Å². The molecule has 0 bridgehead atoms. The van der Waals surface area contributed by atoms with Crippen LogP contribution in [-0.2, 0) is 6.54 Å². The first-order chi connectivity index (χ1) is 10.9. The Kier molecular flexibility index (Phi) is 5.63. The summed E-state index contributed by atoms with van der Waals surface area (Å²) in [5.41, 5.74) is 1.18. The maximum atomic E-state index is 12.5. The van der Waals surface area contributed by atoms with E-state index in [2.05, 4.69) is 0 Å². The zero-order valence-corrected chi connectivity index (χ0v) is 14.2. The zero-order chi connectivity index (χ0) is 17.0. The molecule has 7 heteroatoms. The van der Waals surface area contributed by atoms with Crippen LogP contribution in [0.4, 0.5) is 5.69 Å². The molecule has 0 aliphatic heterocycles. The van der Waals surface area contributed by atoms with Crippen LogP contribution in [0.5, 0.6) is 0 Å². The summed E-state index contributed by atoms with van der Waals surface area (Å²) in [7, 11) is 1.66. The molecular formula is C16H15ClN2O3S. The molecule has 0 aromatic heterocycles. The van der Waals surface area contributed by atoms with Gasteiger partial charge in [0.15, 0.2) is 0 Å². The lowest BCUT2D eigenvalue weighted by Gasteiger charge is -2.17. The van der Waals surface area contributed by atoms with Gasteiger partial charge in [0.1, 0.15) is 0 Å². The largest absolute Gasteiger partial charge is 0.337 e. The second-order valence-electron chi connectivity index (χ2n) is 4.93. The molecular weight excluding hydrogens is 336 g/mol. The van der Waals surface area contributed by atoms with Crippen LogP contribution < -0.4 is 0 Å². The van der Waals surface area contributed by atoms with Gasteiger partial charge >= 0.3 is 0 Å². The van der Waals surface area contributed by atoms with Crippen LogP contribution in [0.25, 0.3) is 0 Å². The first-order valence-electron chi connectivity index (χ1n) is 6.74. The first-order valence-corrected chi connectivity index (χ1v) is 8.35.